The summed E-state index contributed by atoms with van der Waals surface area (Å²) in [6.45, 7) is 3.99. The van der Waals surface area contributed by atoms with E-state index in [1.807, 2.05) is 6.08 Å². The van der Waals surface area contributed by atoms with Gasteiger partial charge in [0.25, 0.3) is 0 Å². The molecule has 78 valence electrons. The lowest BCUT2D eigenvalue weighted by atomic mass is 9.93. The van der Waals surface area contributed by atoms with Gasteiger partial charge in [-0.25, -0.2) is 0 Å². The van der Waals surface area contributed by atoms with Crippen molar-refractivity contribution in [1.82, 2.24) is 5.32 Å². The first-order chi connectivity index (χ1) is 6.75. The van der Waals surface area contributed by atoms with Crippen LogP contribution in [0.4, 0.5) is 0 Å². The van der Waals surface area contributed by atoms with Crippen molar-refractivity contribution in [3.63, 3.8) is 0 Å². The summed E-state index contributed by atoms with van der Waals surface area (Å²) in [4.78, 5) is 0. The van der Waals surface area contributed by atoms with Crippen molar-refractivity contribution in [2.24, 2.45) is 5.92 Å². The first kappa shape index (κ1) is 10.2. The monoisotopic (exact) mass is 213 g/mol. The van der Waals surface area contributed by atoms with E-state index in [0.29, 0.717) is 12.0 Å². The van der Waals surface area contributed by atoms with E-state index >= 15 is 0 Å². The van der Waals surface area contributed by atoms with E-state index in [2.05, 4.69) is 24.4 Å². The highest BCUT2D eigenvalue weighted by Gasteiger charge is 2.26. The topological polar surface area (TPSA) is 21.3 Å². The molecule has 3 heteroatoms. The van der Waals surface area contributed by atoms with Crippen LogP contribution < -0.4 is 5.32 Å². The van der Waals surface area contributed by atoms with Gasteiger partial charge in [0, 0.05) is 24.0 Å². The van der Waals surface area contributed by atoms with Gasteiger partial charge in [-0.1, -0.05) is 23.8 Å². The van der Waals surface area contributed by atoms with Crippen molar-refractivity contribution in [2.75, 3.05) is 13.1 Å². The van der Waals surface area contributed by atoms with Crippen LogP contribution in [0.2, 0.25) is 0 Å². The van der Waals surface area contributed by atoms with E-state index in [1.165, 1.54) is 0 Å². The third-order valence-corrected chi connectivity index (χ3v) is 2.97. The zero-order chi connectivity index (χ0) is 9.97. The summed E-state index contributed by atoms with van der Waals surface area (Å²) in [5, 5.41) is 4.21. The molecule has 2 rings (SSSR count). The van der Waals surface area contributed by atoms with Gasteiger partial charge in [-0.2, -0.15) is 0 Å². The normalized spacial score (nSPS) is 38.1. The third kappa shape index (κ3) is 2.38. The van der Waals surface area contributed by atoms with Crippen molar-refractivity contribution >= 4 is 11.6 Å². The number of morpholine rings is 1. The molecule has 0 bridgehead atoms. The van der Waals surface area contributed by atoms with Crippen LogP contribution in [-0.4, -0.2) is 25.3 Å². The summed E-state index contributed by atoms with van der Waals surface area (Å²) in [7, 11) is 0. The Labute approximate surface area is 90.0 Å². The van der Waals surface area contributed by atoms with Crippen LogP contribution in [0, 0.1) is 5.92 Å². The van der Waals surface area contributed by atoms with Gasteiger partial charge >= 0.3 is 0 Å². The molecule has 1 heterocycles. The van der Waals surface area contributed by atoms with E-state index in [-0.39, 0.29) is 6.10 Å². The van der Waals surface area contributed by atoms with Crippen molar-refractivity contribution in [3.05, 3.63) is 23.3 Å². The number of hydrogen-bond acceptors (Lipinski definition) is 2. The average molecular weight is 214 g/mol. The fourth-order valence-electron chi connectivity index (χ4n) is 2.00. The highest BCUT2D eigenvalue weighted by molar-refractivity contribution is 6.31. The first-order valence-corrected chi connectivity index (χ1v) is 5.53. The lowest BCUT2D eigenvalue weighted by Gasteiger charge is -2.33. The molecule has 0 aromatic carbocycles. The molecule has 1 N–H and O–H groups in total. The Morgan fingerprint density at radius 3 is 3.07 bits per heavy atom. The summed E-state index contributed by atoms with van der Waals surface area (Å²) in [6.07, 6.45) is 7.80. The molecule has 0 spiro atoms. The fraction of sp³-hybridized carbons (Fsp3) is 0.636. The van der Waals surface area contributed by atoms with Crippen LogP contribution in [0.25, 0.3) is 0 Å². The van der Waals surface area contributed by atoms with E-state index in [4.69, 9.17) is 16.3 Å². The number of allylic oxidation sites excluding steroid dienone is 3. The molecular formula is C11H16ClNO. The van der Waals surface area contributed by atoms with Gasteiger partial charge in [0.1, 0.15) is 0 Å². The largest absolute Gasteiger partial charge is 0.372 e. The van der Waals surface area contributed by atoms with E-state index < -0.39 is 0 Å². The maximum atomic E-state index is 5.97. The lowest BCUT2D eigenvalue weighted by molar-refractivity contribution is -0.0469. The SMILES string of the molecule is C[C@@H]1CNC[C@H](C2C=C(Cl)C=CC2)O1. The van der Waals surface area contributed by atoms with Crippen molar-refractivity contribution in [2.45, 2.75) is 25.6 Å². The minimum Gasteiger partial charge on any atom is -0.372 e. The predicted octanol–water partition coefficient (Wildman–Crippen LogP) is 2.06. The van der Waals surface area contributed by atoms with Crippen LogP contribution in [0.1, 0.15) is 13.3 Å². The molecule has 0 aromatic heterocycles. The second-order valence-electron chi connectivity index (χ2n) is 4.00. The molecule has 2 nitrogen and oxygen atoms in total. The molecule has 1 fully saturated rings. The van der Waals surface area contributed by atoms with Crippen molar-refractivity contribution in [1.29, 1.82) is 0 Å². The lowest BCUT2D eigenvalue weighted by Crippen LogP contribution is -2.46. The number of rotatable bonds is 1. The van der Waals surface area contributed by atoms with Crippen molar-refractivity contribution < 1.29 is 4.74 Å². The first-order valence-electron chi connectivity index (χ1n) is 5.16. The summed E-state index contributed by atoms with van der Waals surface area (Å²) < 4.78 is 5.87. The highest BCUT2D eigenvalue weighted by atomic mass is 35.5. The van der Waals surface area contributed by atoms with Crippen LogP contribution >= 0.6 is 11.6 Å². The van der Waals surface area contributed by atoms with Gasteiger partial charge in [-0.05, 0) is 19.4 Å². The fourth-order valence-corrected chi connectivity index (χ4v) is 2.25. The Morgan fingerprint density at radius 2 is 2.36 bits per heavy atom. The van der Waals surface area contributed by atoms with Crippen LogP contribution in [0.15, 0.2) is 23.3 Å². The Kier molecular flexibility index (Phi) is 3.26. The summed E-state index contributed by atoms with van der Waals surface area (Å²) in [5.74, 6) is 0.433. The van der Waals surface area contributed by atoms with Gasteiger partial charge in [0.15, 0.2) is 0 Å². The number of hydrogen-bond donors (Lipinski definition) is 1. The van der Waals surface area contributed by atoms with Crippen LogP contribution in [0.5, 0.6) is 0 Å². The molecule has 1 aliphatic carbocycles. The van der Waals surface area contributed by atoms with Crippen molar-refractivity contribution in [3.8, 4) is 0 Å². The smallest absolute Gasteiger partial charge is 0.0769 e. The van der Waals surface area contributed by atoms with E-state index in [9.17, 15) is 0 Å². The molecule has 0 amide bonds. The third-order valence-electron chi connectivity index (χ3n) is 2.72. The Hall–Kier alpha value is -0.310. The minimum atomic E-state index is 0.275. The van der Waals surface area contributed by atoms with Gasteiger partial charge < -0.3 is 10.1 Å². The molecule has 1 aliphatic heterocycles. The molecule has 0 radical (unpaired) electrons. The van der Waals surface area contributed by atoms with Gasteiger partial charge in [0.2, 0.25) is 0 Å². The minimum absolute atomic E-state index is 0.275. The number of ether oxygens (including phenoxy) is 1. The second-order valence-corrected chi connectivity index (χ2v) is 4.43. The zero-order valence-electron chi connectivity index (χ0n) is 8.37. The number of halogens is 1. The standard InChI is InChI=1S/C11H16ClNO/c1-8-6-13-7-11(14-8)9-3-2-4-10(12)5-9/h2,4-5,8-9,11,13H,3,6-7H2,1H3/t8-,9?,11-/m1/s1. The van der Waals surface area contributed by atoms with Crippen LogP contribution in [-0.2, 0) is 4.74 Å². The Morgan fingerprint density at radius 1 is 1.50 bits per heavy atom. The predicted molar refractivity (Wildman–Crippen MR) is 58.4 cm³/mol. The average Bonchev–Trinajstić information content (AvgIpc) is 2.18. The quantitative estimate of drug-likeness (QED) is 0.720. The summed E-state index contributed by atoms with van der Waals surface area (Å²) >= 11 is 5.97. The Bertz CT molecular complexity index is 262. The van der Waals surface area contributed by atoms with Gasteiger partial charge in [-0.15, -0.1) is 0 Å². The molecule has 3 atom stereocenters. The maximum absolute atomic E-state index is 5.97. The number of nitrogens with one attached hydrogen (secondary N) is 1. The summed E-state index contributed by atoms with van der Waals surface area (Å²) in [6, 6.07) is 0. The summed E-state index contributed by atoms with van der Waals surface area (Å²) in [5.41, 5.74) is 0. The molecular weight excluding hydrogens is 198 g/mol. The molecule has 2 aliphatic rings. The highest BCUT2D eigenvalue weighted by Crippen LogP contribution is 2.25. The Balaban J connectivity index is 1.97. The van der Waals surface area contributed by atoms with E-state index in [1.54, 1.807) is 0 Å². The molecule has 1 unspecified atom stereocenters. The molecule has 1 saturated heterocycles. The van der Waals surface area contributed by atoms with E-state index in [0.717, 1.165) is 24.5 Å². The van der Waals surface area contributed by atoms with Gasteiger partial charge in [-0.3, -0.25) is 0 Å². The molecule has 14 heavy (non-hydrogen) atoms. The molecule has 0 saturated carbocycles. The van der Waals surface area contributed by atoms with Crippen LogP contribution in [0.3, 0.4) is 0 Å². The zero-order valence-corrected chi connectivity index (χ0v) is 9.13. The van der Waals surface area contributed by atoms with Gasteiger partial charge in [0.05, 0.1) is 12.2 Å². The second kappa shape index (κ2) is 4.47. The maximum Gasteiger partial charge on any atom is 0.0769 e. The molecule has 0 aromatic rings.